The maximum absolute atomic E-state index is 13.4. The van der Waals surface area contributed by atoms with Crippen LogP contribution in [0.3, 0.4) is 0 Å². The van der Waals surface area contributed by atoms with Crippen LogP contribution >= 0.6 is 0 Å². The van der Waals surface area contributed by atoms with E-state index in [-0.39, 0.29) is 17.6 Å². The molecule has 0 aliphatic carbocycles. The zero-order valence-corrected chi connectivity index (χ0v) is 17.6. The summed E-state index contributed by atoms with van der Waals surface area (Å²) in [6, 6.07) is 15.8. The van der Waals surface area contributed by atoms with E-state index >= 15 is 0 Å². The van der Waals surface area contributed by atoms with E-state index in [1.165, 1.54) is 29.1 Å². The number of carboxylic acid groups (broad SMARTS) is 1. The van der Waals surface area contributed by atoms with Gasteiger partial charge in [0.1, 0.15) is 11.9 Å². The molecule has 7 nitrogen and oxygen atoms in total. The molecule has 0 aliphatic rings. The number of hydrogen-bond acceptors (Lipinski definition) is 4. The Morgan fingerprint density at radius 1 is 1.09 bits per heavy atom. The fourth-order valence-corrected chi connectivity index (χ4v) is 4.13. The van der Waals surface area contributed by atoms with Crippen LogP contribution in [0.15, 0.2) is 77.9 Å². The van der Waals surface area contributed by atoms with Crippen LogP contribution in [-0.4, -0.2) is 30.2 Å². The number of aromatic nitrogens is 4. The number of pyridine rings is 1. The van der Waals surface area contributed by atoms with Crippen molar-refractivity contribution < 1.29 is 14.3 Å². The molecular formula is C25H19FN4O3. The Morgan fingerprint density at radius 3 is 2.52 bits per heavy atom. The first-order valence-electron chi connectivity index (χ1n) is 10.4. The number of carboxylic acids is 1. The number of benzene rings is 2. The van der Waals surface area contributed by atoms with Gasteiger partial charge in [-0.05, 0) is 36.2 Å². The first-order valence-corrected chi connectivity index (χ1v) is 10.4. The van der Waals surface area contributed by atoms with Crippen LogP contribution < -0.4 is 5.56 Å². The molecule has 164 valence electrons. The van der Waals surface area contributed by atoms with Crippen LogP contribution in [-0.2, 0) is 11.2 Å². The Hall–Kier alpha value is -4.33. The Labute approximate surface area is 187 Å². The fraction of sp³-hybridized carbons (Fsp3) is 0.120. The van der Waals surface area contributed by atoms with Crippen molar-refractivity contribution in [2.75, 3.05) is 0 Å². The van der Waals surface area contributed by atoms with Gasteiger partial charge in [0.2, 0.25) is 0 Å². The predicted molar refractivity (Wildman–Crippen MR) is 122 cm³/mol. The van der Waals surface area contributed by atoms with Crippen molar-refractivity contribution in [3.63, 3.8) is 0 Å². The van der Waals surface area contributed by atoms with E-state index < -0.39 is 17.6 Å². The second-order valence-electron chi connectivity index (χ2n) is 7.83. The molecule has 0 aliphatic heterocycles. The maximum atomic E-state index is 13.4. The van der Waals surface area contributed by atoms with Crippen molar-refractivity contribution >= 4 is 22.5 Å². The second kappa shape index (κ2) is 7.98. The number of rotatable bonds is 5. The van der Waals surface area contributed by atoms with Crippen molar-refractivity contribution in [3.05, 3.63) is 100 Å². The number of hydrogen-bond donors (Lipinski definition) is 1. The van der Waals surface area contributed by atoms with Crippen LogP contribution in [0, 0.1) is 12.7 Å². The summed E-state index contributed by atoms with van der Waals surface area (Å²) in [6.45, 7) is 1.82. The zero-order valence-electron chi connectivity index (χ0n) is 17.6. The Kier molecular flexibility index (Phi) is 4.97. The van der Waals surface area contributed by atoms with Gasteiger partial charge < -0.3 is 9.67 Å². The van der Waals surface area contributed by atoms with Crippen molar-refractivity contribution in [1.29, 1.82) is 0 Å². The van der Waals surface area contributed by atoms with Gasteiger partial charge in [0.05, 0.1) is 16.6 Å². The lowest BCUT2D eigenvalue weighted by Crippen LogP contribution is -2.31. The van der Waals surface area contributed by atoms with E-state index in [0.29, 0.717) is 16.9 Å². The average Bonchev–Trinajstić information content (AvgIpc) is 3.15. The van der Waals surface area contributed by atoms with Crippen molar-refractivity contribution in [3.8, 4) is 11.1 Å². The molecule has 1 N–H and O–H groups in total. The van der Waals surface area contributed by atoms with E-state index in [1.54, 1.807) is 22.7 Å². The number of carbonyl (C=O) groups is 1. The van der Waals surface area contributed by atoms with Crippen molar-refractivity contribution in [2.24, 2.45) is 0 Å². The van der Waals surface area contributed by atoms with Gasteiger partial charge in [-0.1, -0.05) is 42.5 Å². The first-order chi connectivity index (χ1) is 15.9. The highest BCUT2D eigenvalue weighted by atomic mass is 19.1. The van der Waals surface area contributed by atoms with Crippen LogP contribution in [0.4, 0.5) is 4.39 Å². The second-order valence-corrected chi connectivity index (χ2v) is 7.83. The lowest BCUT2D eigenvalue weighted by Gasteiger charge is -2.16. The minimum absolute atomic E-state index is 0.173. The largest absolute Gasteiger partial charge is 0.480 e. The number of fused-ring (bicyclic) bond motifs is 3. The molecular weight excluding hydrogens is 423 g/mol. The van der Waals surface area contributed by atoms with E-state index in [1.807, 2.05) is 37.3 Å². The molecule has 33 heavy (non-hydrogen) atoms. The fourth-order valence-electron chi connectivity index (χ4n) is 4.13. The number of halogens is 1. The Balaban J connectivity index is 1.65. The summed E-state index contributed by atoms with van der Waals surface area (Å²) in [5, 5.41) is 14.6. The van der Waals surface area contributed by atoms with Gasteiger partial charge in [-0.3, -0.25) is 4.79 Å². The molecule has 1 unspecified atom stereocenters. The zero-order chi connectivity index (χ0) is 23.1. The molecule has 5 rings (SSSR count). The van der Waals surface area contributed by atoms with Gasteiger partial charge in [-0.25, -0.2) is 18.7 Å². The summed E-state index contributed by atoms with van der Waals surface area (Å²) in [6.07, 6.45) is 3.10. The van der Waals surface area contributed by atoms with Crippen LogP contribution in [0.2, 0.25) is 0 Å². The molecule has 8 heteroatoms. The third-order valence-corrected chi connectivity index (χ3v) is 5.74. The topological polar surface area (TPSA) is 89.5 Å². The van der Waals surface area contributed by atoms with E-state index in [4.69, 9.17) is 0 Å². The van der Waals surface area contributed by atoms with Gasteiger partial charge in [0.15, 0.2) is 5.65 Å². The Bertz CT molecular complexity index is 1560. The molecule has 0 fully saturated rings. The molecule has 3 heterocycles. The predicted octanol–water partition coefficient (Wildman–Crippen LogP) is 4.03. The van der Waals surface area contributed by atoms with Crippen LogP contribution in [0.25, 0.3) is 27.7 Å². The third-order valence-electron chi connectivity index (χ3n) is 5.74. The maximum Gasteiger partial charge on any atom is 0.327 e. The highest BCUT2D eigenvalue weighted by molar-refractivity contribution is 5.86. The summed E-state index contributed by atoms with van der Waals surface area (Å²) < 4.78 is 16.2. The minimum atomic E-state index is -1.09. The van der Waals surface area contributed by atoms with E-state index in [9.17, 15) is 19.1 Å². The van der Waals surface area contributed by atoms with E-state index in [0.717, 1.165) is 16.7 Å². The molecule has 0 saturated heterocycles. The lowest BCUT2D eigenvalue weighted by molar-refractivity contribution is -0.141. The van der Waals surface area contributed by atoms with Gasteiger partial charge >= 0.3 is 5.97 Å². The van der Waals surface area contributed by atoms with Gasteiger partial charge in [-0.15, -0.1) is 0 Å². The molecule has 1 atom stereocenters. The van der Waals surface area contributed by atoms with Gasteiger partial charge in [-0.2, -0.15) is 5.10 Å². The monoisotopic (exact) mass is 442 g/mol. The standard InChI is InChI=1S/C25H19FN4O3/c1-15-22(17-7-9-18(26)10-8-17)23-27-14-19-20(30(23)28-15)11-12-29(24(19)31)21(25(32)33)13-16-5-3-2-4-6-16/h2-12,14,21H,13H2,1H3,(H,32,33). The molecule has 2 aromatic carbocycles. The summed E-state index contributed by atoms with van der Waals surface area (Å²) in [5.74, 6) is -1.43. The van der Waals surface area contributed by atoms with Crippen molar-refractivity contribution in [2.45, 2.75) is 19.4 Å². The summed E-state index contributed by atoms with van der Waals surface area (Å²) in [5.41, 5.74) is 3.59. The molecule has 0 amide bonds. The minimum Gasteiger partial charge on any atom is -0.480 e. The molecule has 0 spiro atoms. The molecule has 3 aromatic heterocycles. The molecule has 5 aromatic rings. The number of aliphatic carboxylic acids is 1. The number of nitrogens with zero attached hydrogens (tertiary/aromatic N) is 4. The first kappa shape index (κ1) is 20.6. The lowest BCUT2D eigenvalue weighted by atomic mass is 10.1. The summed E-state index contributed by atoms with van der Waals surface area (Å²) in [7, 11) is 0. The highest BCUT2D eigenvalue weighted by Gasteiger charge is 2.23. The summed E-state index contributed by atoms with van der Waals surface area (Å²) in [4.78, 5) is 29.8. The third kappa shape index (κ3) is 3.55. The summed E-state index contributed by atoms with van der Waals surface area (Å²) >= 11 is 0. The van der Waals surface area contributed by atoms with Crippen LogP contribution in [0.1, 0.15) is 17.3 Å². The van der Waals surface area contributed by atoms with Gasteiger partial charge in [0.25, 0.3) is 5.56 Å². The highest BCUT2D eigenvalue weighted by Crippen LogP contribution is 2.29. The number of aryl methyl sites for hydroxylation is 1. The Morgan fingerprint density at radius 2 is 1.82 bits per heavy atom. The molecule has 0 bridgehead atoms. The molecule has 0 radical (unpaired) electrons. The van der Waals surface area contributed by atoms with Crippen LogP contribution in [0.5, 0.6) is 0 Å². The quantitative estimate of drug-likeness (QED) is 0.444. The van der Waals surface area contributed by atoms with Crippen molar-refractivity contribution in [1.82, 2.24) is 19.2 Å². The van der Waals surface area contributed by atoms with Gasteiger partial charge in [0, 0.05) is 24.4 Å². The average molecular weight is 442 g/mol. The SMILES string of the molecule is Cc1nn2c(ncc3c(=O)n(C(Cc4ccccc4)C(=O)O)ccc32)c1-c1ccc(F)cc1. The smallest absolute Gasteiger partial charge is 0.327 e. The molecule has 0 saturated carbocycles. The normalized spacial score (nSPS) is 12.3. The van der Waals surface area contributed by atoms with E-state index in [2.05, 4.69) is 10.1 Å².